The Labute approximate surface area is 143 Å². The number of anilines is 1. The van der Waals surface area contributed by atoms with Gasteiger partial charge in [-0.3, -0.25) is 0 Å². The minimum Gasteiger partial charge on any atom is -0.424 e. The number of carbonyl (C=O) groups excluding carboxylic acids is 1. The van der Waals surface area contributed by atoms with Gasteiger partial charge in [0.05, 0.1) is 11.2 Å². The Kier molecular flexibility index (Phi) is 3.87. The van der Waals surface area contributed by atoms with E-state index in [1.807, 2.05) is 12.8 Å². The molecule has 0 radical (unpaired) electrons. The van der Waals surface area contributed by atoms with Gasteiger partial charge in [0.2, 0.25) is 11.5 Å². The first-order valence-corrected chi connectivity index (χ1v) is 7.32. The van der Waals surface area contributed by atoms with Crippen molar-refractivity contribution in [3.63, 3.8) is 0 Å². The van der Waals surface area contributed by atoms with Gasteiger partial charge in [-0.1, -0.05) is 5.92 Å². The summed E-state index contributed by atoms with van der Waals surface area (Å²) in [5.74, 6) is 1.85. The van der Waals surface area contributed by atoms with Crippen LogP contribution in [0.3, 0.4) is 0 Å². The van der Waals surface area contributed by atoms with Gasteiger partial charge >= 0.3 is 5.97 Å². The summed E-state index contributed by atoms with van der Waals surface area (Å²) in [4.78, 5) is 19.9. The summed E-state index contributed by atoms with van der Waals surface area (Å²) >= 11 is 0. The van der Waals surface area contributed by atoms with Crippen molar-refractivity contribution in [2.24, 2.45) is 0 Å². The van der Waals surface area contributed by atoms with E-state index >= 15 is 0 Å². The van der Waals surface area contributed by atoms with Crippen molar-refractivity contribution in [3.05, 3.63) is 36.2 Å². The Morgan fingerprint density at radius 2 is 2.20 bits per heavy atom. The van der Waals surface area contributed by atoms with E-state index in [2.05, 4.69) is 15.1 Å². The van der Waals surface area contributed by atoms with Gasteiger partial charge in [0.1, 0.15) is 5.75 Å². The molecule has 0 bridgehead atoms. The van der Waals surface area contributed by atoms with Crippen molar-refractivity contribution >= 4 is 22.8 Å². The maximum absolute atomic E-state index is 11.9. The molecule has 8 nitrogen and oxygen atoms in total. The van der Waals surface area contributed by atoms with Crippen molar-refractivity contribution in [2.45, 2.75) is 19.4 Å². The zero-order chi connectivity index (χ0) is 18.2. The van der Waals surface area contributed by atoms with Crippen LogP contribution < -0.4 is 10.5 Å². The Morgan fingerprint density at radius 3 is 2.88 bits per heavy atom. The molecule has 0 aliphatic rings. The first-order valence-electron chi connectivity index (χ1n) is 7.32. The molecule has 2 aromatic heterocycles. The summed E-state index contributed by atoms with van der Waals surface area (Å²) in [5.41, 5.74) is 5.04. The van der Waals surface area contributed by atoms with Crippen LogP contribution in [-0.4, -0.2) is 36.4 Å². The monoisotopic (exact) mass is 337 g/mol. The van der Waals surface area contributed by atoms with Crippen LogP contribution in [0.1, 0.15) is 12.6 Å². The molecule has 0 fully saturated rings. The number of hydrogen-bond acceptors (Lipinski definition) is 7. The predicted octanol–water partition coefficient (Wildman–Crippen LogP) is 0.996. The van der Waals surface area contributed by atoms with Gasteiger partial charge in [0.25, 0.3) is 0 Å². The van der Waals surface area contributed by atoms with E-state index in [0.717, 1.165) is 11.1 Å². The van der Waals surface area contributed by atoms with Crippen LogP contribution in [0.15, 0.2) is 30.5 Å². The number of fused-ring (bicyclic) bond motifs is 1. The van der Waals surface area contributed by atoms with Crippen LogP contribution in [-0.2, 0) is 4.79 Å². The average molecular weight is 337 g/mol. The summed E-state index contributed by atoms with van der Waals surface area (Å²) < 4.78 is 6.74. The smallest absolute Gasteiger partial charge is 0.356 e. The van der Waals surface area contributed by atoms with E-state index in [-0.39, 0.29) is 11.7 Å². The topological polar surface area (TPSA) is 116 Å². The third kappa shape index (κ3) is 3.00. The number of benzene rings is 1. The molecular weight excluding hydrogens is 322 g/mol. The second kappa shape index (κ2) is 5.89. The molecule has 25 heavy (non-hydrogen) atoms. The first kappa shape index (κ1) is 16.4. The fourth-order valence-corrected chi connectivity index (χ4v) is 2.24. The average Bonchev–Trinajstić information content (AvgIpc) is 2.91. The molecule has 1 atom stereocenters. The van der Waals surface area contributed by atoms with Gasteiger partial charge < -0.3 is 15.6 Å². The number of rotatable bonds is 3. The van der Waals surface area contributed by atoms with E-state index in [4.69, 9.17) is 16.9 Å². The number of nitrogen functional groups attached to an aromatic ring is 1. The van der Waals surface area contributed by atoms with E-state index in [1.54, 1.807) is 28.9 Å². The lowest BCUT2D eigenvalue weighted by Crippen LogP contribution is -2.37. The molecule has 3 N–H and O–H groups in total. The maximum Gasteiger partial charge on any atom is 0.356 e. The molecule has 126 valence electrons. The van der Waals surface area contributed by atoms with E-state index in [1.165, 1.54) is 13.1 Å². The van der Waals surface area contributed by atoms with Gasteiger partial charge in [-0.05, 0) is 26.0 Å². The minimum absolute atomic E-state index is 0.117. The summed E-state index contributed by atoms with van der Waals surface area (Å²) in [5, 5.41) is 15.1. The third-order valence-corrected chi connectivity index (χ3v) is 3.60. The largest absolute Gasteiger partial charge is 0.424 e. The van der Waals surface area contributed by atoms with Crippen LogP contribution in [0.5, 0.6) is 5.75 Å². The van der Waals surface area contributed by atoms with Crippen LogP contribution in [0.2, 0.25) is 0 Å². The van der Waals surface area contributed by atoms with Crippen molar-refractivity contribution < 1.29 is 14.6 Å². The van der Waals surface area contributed by atoms with Crippen molar-refractivity contribution in [1.82, 2.24) is 19.7 Å². The molecule has 3 aromatic rings. The van der Waals surface area contributed by atoms with Crippen LogP contribution in [0.25, 0.3) is 16.7 Å². The highest BCUT2D eigenvalue weighted by molar-refractivity contribution is 5.87. The standard InChI is InChI=1S/C17H15N5O3/c1-4-17(3,24)15(23)25-11-5-6-12-10(2)21-22(13(12)9-11)14-7-8-19-16(18)20-14/h1,5-9,24H,2-3H3,(H2,18,19,20). The number of nitrogens with two attached hydrogens (primary N) is 1. The molecule has 0 amide bonds. The Bertz CT molecular complexity index is 1020. The number of aryl methyl sites for hydroxylation is 1. The van der Waals surface area contributed by atoms with E-state index in [0.29, 0.717) is 11.3 Å². The molecule has 1 unspecified atom stereocenters. The highest BCUT2D eigenvalue weighted by atomic mass is 16.6. The molecule has 0 saturated heterocycles. The number of hydrogen-bond donors (Lipinski definition) is 2. The highest BCUT2D eigenvalue weighted by Gasteiger charge is 2.30. The lowest BCUT2D eigenvalue weighted by molar-refractivity contribution is -0.148. The van der Waals surface area contributed by atoms with Crippen LogP contribution in [0, 0.1) is 19.3 Å². The number of terminal acetylenes is 1. The minimum atomic E-state index is -2.01. The normalized spacial score (nSPS) is 13.2. The summed E-state index contributed by atoms with van der Waals surface area (Å²) in [6.07, 6.45) is 6.65. The van der Waals surface area contributed by atoms with Crippen LogP contribution in [0.4, 0.5) is 5.95 Å². The number of esters is 1. The summed E-state index contributed by atoms with van der Waals surface area (Å²) in [7, 11) is 0. The zero-order valence-corrected chi connectivity index (χ0v) is 13.6. The molecule has 3 rings (SSSR count). The zero-order valence-electron chi connectivity index (χ0n) is 13.6. The van der Waals surface area contributed by atoms with Gasteiger partial charge in [-0.15, -0.1) is 6.42 Å². The Hall–Kier alpha value is -3.44. The van der Waals surface area contributed by atoms with Crippen molar-refractivity contribution in [1.29, 1.82) is 0 Å². The van der Waals surface area contributed by atoms with E-state index in [9.17, 15) is 9.90 Å². The molecular formula is C17H15N5O3. The molecule has 2 heterocycles. The Morgan fingerprint density at radius 1 is 1.44 bits per heavy atom. The molecule has 0 aliphatic carbocycles. The third-order valence-electron chi connectivity index (χ3n) is 3.60. The van der Waals surface area contributed by atoms with Crippen molar-refractivity contribution in [2.75, 3.05) is 5.73 Å². The molecule has 0 saturated carbocycles. The lowest BCUT2D eigenvalue weighted by Gasteiger charge is -2.14. The maximum atomic E-state index is 11.9. The van der Waals surface area contributed by atoms with Gasteiger partial charge in [0, 0.05) is 23.7 Å². The fraction of sp³-hybridized carbons (Fsp3) is 0.176. The predicted molar refractivity (Wildman–Crippen MR) is 90.9 cm³/mol. The lowest BCUT2D eigenvalue weighted by atomic mass is 10.1. The highest BCUT2D eigenvalue weighted by Crippen LogP contribution is 2.26. The van der Waals surface area contributed by atoms with Gasteiger partial charge in [-0.25, -0.2) is 14.5 Å². The number of aliphatic hydroxyl groups is 1. The molecule has 0 aliphatic heterocycles. The quantitative estimate of drug-likeness (QED) is 0.416. The first-order chi connectivity index (χ1) is 11.8. The Balaban J connectivity index is 2.07. The molecule has 1 aromatic carbocycles. The summed E-state index contributed by atoms with van der Waals surface area (Å²) in [6, 6.07) is 6.62. The molecule has 0 spiro atoms. The second-order valence-electron chi connectivity index (χ2n) is 5.56. The number of aromatic nitrogens is 4. The molecule has 8 heteroatoms. The van der Waals surface area contributed by atoms with Crippen LogP contribution >= 0.6 is 0 Å². The summed E-state index contributed by atoms with van der Waals surface area (Å²) in [6.45, 7) is 3.03. The van der Waals surface area contributed by atoms with Crippen molar-refractivity contribution in [3.8, 4) is 23.9 Å². The van der Waals surface area contributed by atoms with Gasteiger partial charge in [0.15, 0.2) is 5.82 Å². The van der Waals surface area contributed by atoms with E-state index < -0.39 is 11.6 Å². The fourth-order valence-electron chi connectivity index (χ4n) is 2.24. The number of nitrogens with zero attached hydrogens (tertiary/aromatic N) is 4. The number of ether oxygens (including phenoxy) is 1. The number of carbonyl (C=O) groups is 1. The SMILES string of the molecule is C#CC(C)(O)C(=O)Oc1ccc2c(C)nn(-c3ccnc(N)n3)c2c1. The van der Waals surface area contributed by atoms with Gasteiger partial charge in [-0.2, -0.15) is 10.1 Å². The second-order valence-corrected chi connectivity index (χ2v) is 5.56.